The van der Waals surface area contributed by atoms with Gasteiger partial charge in [0.15, 0.2) is 5.88 Å². The fraction of sp³-hybridized carbons (Fsp3) is 0.667. The van der Waals surface area contributed by atoms with Gasteiger partial charge in [-0.3, -0.25) is 0 Å². The zero-order valence-electron chi connectivity index (χ0n) is 9.41. The van der Waals surface area contributed by atoms with E-state index in [9.17, 15) is 0 Å². The molecule has 3 heteroatoms. The number of hydrogen-bond acceptors (Lipinski definition) is 3. The van der Waals surface area contributed by atoms with E-state index in [1.165, 1.54) is 19.3 Å². The Labute approximate surface area is 91.2 Å². The van der Waals surface area contributed by atoms with Crippen molar-refractivity contribution in [3.63, 3.8) is 0 Å². The number of furan rings is 1. The maximum Gasteiger partial charge on any atom is 0.195 e. The summed E-state index contributed by atoms with van der Waals surface area (Å²) in [6.07, 6.45) is 4.72. The first kappa shape index (κ1) is 10.6. The molecule has 1 aliphatic heterocycles. The van der Waals surface area contributed by atoms with Gasteiger partial charge in [-0.05, 0) is 38.8 Å². The van der Waals surface area contributed by atoms with Gasteiger partial charge < -0.3 is 15.1 Å². The average molecular weight is 208 g/mol. The molecule has 2 rings (SSSR count). The molecular formula is C12H20N2O. The van der Waals surface area contributed by atoms with E-state index in [4.69, 9.17) is 10.2 Å². The number of anilines is 1. The summed E-state index contributed by atoms with van der Waals surface area (Å²) in [5, 5.41) is 0. The summed E-state index contributed by atoms with van der Waals surface area (Å²) in [7, 11) is 0. The molecule has 0 bridgehead atoms. The lowest BCUT2D eigenvalue weighted by atomic mass is 10.0. The fourth-order valence-electron chi connectivity index (χ4n) is 2.22. The monoisotopic (exact) mass is 208 g/mol. The summed E-state index contributed by atoms with van der Waals surface area (Å²) in [6, 6.07) is 4.73. The van der Waals surface area contributed by atoms with Gasteiger partial charge in [-0.25, -0.2) is 0 Å². The molecule has 2 N–H and O–H groups in total. The van der Waals surface area contributed by atoms with Crippen molar-refractivity contribution in [2.75, 3.05) is 18.0 Å². The minimum absolute atomic E-state index is 0.607. The second-order valence-electron chi connectivity index (χ2n) is 4.32. The fourth-order valence-corrected chi connectivity index (χ4v) is 2.22. The zero-order valence-corrected chi connectivity index (χ0v) is 9.41. The molecule has 0 spiro atoms. The number of nitrogens with two attached hydrogens (primary N) is 1. The van der Waals surface area contributed by atoms with Crippen LogP contribution in [0.1, 0.15) is 31.9 Å². The third-order valence-electron chi connectivity index (χ3n) is 3.12. The lowest BCUT2D eigenvalue weighted by molar-refractivity contribution is 0.428. The summed E-state index contributed by atoms with van der Waals surface area (Å²) >= 11 is 0. The number of hydrogen-bond donors (Lipinski definition) is 1. The van der Waals surface area contributed by atoms with Crippen LogP contribution in [0.25, 0.3) is 0 Å². The minimum Gasteiger partial charge on any atom is -0.446 e. The van der Waals surface area contributed by atoms with Gasteiger partial charge in [-0.15, -0.1) is 0 Å². The third-order valence-corrected chi connectivity index (χ3v) is 3.12. The van der Waals surface area contributed by atoms with E-state index in [-0.39, 0.29) is 0 Å². The van der Waals surface area contributed by atoms with Gasteiger partial charge in [0.25, 0.3) is 0 Å². The topological polar surface area (TPSA) is 42.4 Å². The van der Waals surface area contributed by atoms with Crippen LogP contribution < -0.4 is 10.6 Å². The molecule has 0 aliphatic carbocycles. The first-order chi connectivity index (χ1) is 7.31. The van der Waals surface area contributed by atoms with Crippen molar-refractivity contribution in [2.24, 2.45) is 5.73 Å². The van der Waals surface area contributed by atoms with Crippen molar-refractivity contribution in [1.29, 1.82) is 0 Å². The molecule has 2 heterocycles. The Balaban J connectivity index is 2.06. The van der Waals surface area contributed by atoms with Crippen molar-refractivity contribution in [3.05, 3.63) is 17.9 Å². The molecule has 3 nitrogen and oxygen atoms in total. The van der Waals surface area contributed by atoms with E-state index in [1.54, 1.807) is 0 Å². The van der Waals surface area contributed by atoms with Crippen LogP contribution in [0.3, 0.4) is 0 Å². The van der Waals surface area contributed by atoms with Gasteiger partial charge in [-0.2, -0.15) is 0 Å². The van der Waals surface area contributed by atoms with Gasteiger partial charge in [0.1, 0.15) is 5.76 Å². The number of piperidine rings is 1. The van der Waals surface area contributed by atoms with Gasteiger partial charge in [-0.1, -0.05) is 0 Å². The Morgan fingerprint density at radius 3 is 3.07 bits per heavy atom. The molecule has 1 aliphatic rings. The second kappa shape index (κ2) is 4.71. The highest BCUT2D eigenvalue weighted by Gasteiger charge is 2.20. The largest absolute Gasteiger partial charge is 0.446 e. The van der Waals surface area contributed by atoms with E-state index in [0.717, 1.165) is 24.6 Å². The van der Waals surface area contributed by atoms with Crippen LogP contribution in [0.4, 0.5) is 5.88 Å². The molecule has 0 saturated carbocycles. The van der Waals surface area contributed by atoms with Gasteiger partial charge in [0, 0.05) is 25.1 Å². The SMILES string of the molecule is CC1CCCCN1c1ccc(CCN)o1. The predicted octanol–water partition coefficient (Wildman–Crippen LogP) is 2.16. The van der Waals surface area contributed by atoms with E-state index in [0.29, 0.717) is 12.6 Å². The Morgan fingerprint density at radius 2 is 2.33 bits per heavy atom. The smallest absolute Gasteiger partial charge is 0.195 e. The lowest BCUT2D eigenvalue weighted by Crippen LogP contribution is -2.37. The van der Waals surface area contributed by atoms with Gasteiger partial charge in [0.05, 0.1) is 0 Å². The number of rotatable bonds is 3. The molecule has 1 aromatic heterocycles. The van der Waals surface area contributed by atoms with Crippen LogP contribution >= 0.6 is 0 Å². The predicted molar refractivity (Wildman–Crippen MR) is 62.1 cm³/mol. The minimum atomic E-state index is 0.607. The van der Waals surface area contributed by atoms with Crippen molar-refractivity contribution >= 4 is 5.88 Å². The molecule has 0 amide bonds. The lowest BCUT2D eigenvalue weighted by Gasteiger charge is -2.33. The highest BCUT2D eigenvalue weighted by atomic mass is 16.4. The molecule has 1 atom stereocenters. The molecule has 0 radical (unpaired) electrons. The van der Waals surface area contributed by atoms with Crippen LogP contribution in [0.2, 0.25) is 0 Å². The van der Waals surface area contributed by atoms with Crippen LogP contribution in [0.5, 0.6) is 0 Å². The van der Waals surface area contributed by atoms with Crippen LogP contribution in [-0.2, 0) is 6.42 Å². The Kier molecular flexibility index (Phi) is 3.31. The highest BCUT2D eigenvalue weighted by Crippen LogP contribution is 2.26. The van der Waals surface area contributed by atoms with Crippen molar-refractivity contribution in [1.82, 2.24) is 0 Å². The summed E-state index contributed by atoms with van der Waals surface area (Å²) < 4.78 is 5.78. The van der Waals surface area contributed by atoms with Gasteiger partial charge >= 0.3 is 0 Å². The highest BCUT2D eigenvalue weighted by molar-refractivity contribution is 5.38. The summed E-state index contributed by atoms with van der Waals surface area (Å²) in [5.74, 6) is 2.02. The molecular weight excluding hydrogens is 188 g/mol. The standard InChI is InChI=1S/C12H20N2O/c1-10-4-2-3-9-14(10)12-6-5-11(15-12)7-8-13/h5-6,10H,2-4,7-9,13H2,1H3. The summed E-state index contributed by atoms with van der Waals surface area (Å²) in [6.45, 7) is 4.05. The quantitative estimate of drug-likeness (QED) is 0.827. The molecule has 1 aromatic rings. The molecule has 1 unspecified atom stereocenters. The van der Waals surface area contributed by atoms with E-state index in [2.05, 4.69) is 17.9 Å². The average Bonchev–Trinajstić information content (AvgIpc) is 2.68. The zero-order chi connectivity index (χ0) is 10.7. The van der Waals surface area contributed by atoms with E-state index in [1.807, 2.05) is 6.07 Å². The van der Waals surface area contributed by atoms with E-state index >= 15 is 0 Å². The molecule has 1 fully saturated rings. The third kappa shape index (κ3) is 2.34. The summed E-state index contributed by atoms with van der Waals surface area (Å²) in [5.41, 5.74) is 5.50. The Hall–Kier alpha value is -0.960. The van der Waals surface area contributed by atoms with Crippen LogP contribution in [-0.4, -0.2) is 19.1 Å². The Bertz CT molecular complexity index is 308. The van der Waals surface area contributed by atoms with Crippen LogP contribution in [0.15, 0.2) is 16.5 Å². The van der Waals surface area contributed by atoms with Gasteiger partial charge in [0.2, 0.25) is 0 Å². The molecule has 84 valence electrons. The maximum atomic E-state index is 5.78. The van der Waals surface area contributed by atoms with Crippen molar-refractivity contribution in [3.8, 4) is 0 Å². The molecule has 0 aromatic carbocycles. The first-order valence-corrected chi connectivity index (χ1v) is 5.86. The molecule has 1 saturated heterocycles. The van der Waals surface area contributed by atoms with Crippen LogP contribution in [0, 0.1) is 0 Å². The van der Waals surface area contributed by atoms with Crippen molar-refractivity contribution in [2.45, 2.75) is 38.6 Å². The van der Waals surface area contributed by atoms with E-state index < -0.39 is 0 Å². The summed E-state index contributed by atoms with van der Waals surface area (Å²) in [4.78, 5) is 2.36. The Morgan fingerprint density at radius 1 is 1.47 bits per heavy atom. The first-order valence-electron chi connectivity index (χ1n) is 5.86. The maximum absolute atomic E-state index is 5.78. The van der Waals surface area contributed by atoms with Crippen molar-refractivity contribution < 1.29 is 4.42 Å². The molecule has 15 heavy (non-hydrogen) atoms. The normalized spacial score (nSPS) is 22.0. The number of nitrogens with zero attached hydrogens (tertiary/aromatic N) is 1. The second-order valence-corrected chi connectivity index (χ2v) is 4.32.